The number of hydrogen-bond donors (Lipinski definition) is 2. The van der Waals surface area contributed by atoms with Crippen molar-refractivity contribution in [2.24, 2.45) is 16.7 Å². The van der Waals surface area contributed by atoms with Crippen molar-refractivity contribution in [1.82, 2.24) is 5.32 Å². The number of nitrogens with one attached hydrogen (secondary N) is 1. The van der Waals surface area contributed by atoms with E-state index < -0.39 is 0 Å². The van der Waals surface area contributed by atoms with Crippen molar-refractivity contribution >= 4 is 11.9 Å². The monoisotopic (exact) mass is 589 g/mol. The van der Waals surface area contributed by atoms with Crippen molar-refractivity contribution < 1.29 is 24.2 Å². The third-order valence-electron chi connectivity index (χ3n) is 9.63. The second-order valence-electron chi connectivity index (χ2n) is 14.4. The summed E-state index contributed by atoms with van der Waals surface area (Å²) in [6, 6.07) is 7.43. The first kappa shape index (κ1) is 37.9. The van der Waals surface area contributed by atoms with Crippen LogP contribution in [0.4, 0.5) is 0 Å². The number of phenolic OH excluding ortho intramolecular Hbond substituents is 1. The summed E-state index contributed by atoms with van der Waals surface area (Å²) in [5, 5.41) is 12.4. The molecule has 1 aromatic carbocycles. The quantitative estimate of drug-likeness (QED) is 0.280. The van der Waals surface area contributed by atoms with Gasteiger partial charge in [0.1, 0.15) is 17.0 Å². The molecule has 3 rings (SSSR count). The van der Waals surface area contributed by atoms with Gasteiger partial charge in [-0.1, -0.05) is 39.8 Å². The van der Waals surface area contributed by atoms with E-state index in [4.69, 9.17) is 14.6 Å². The Kier molecular flexibility index (Phi) is 15.1. The highest BCUT2D eigenvalue weighted by molar-refractivity contribution is 5.76. The van der Waals surface area contributed by atoms with Gasteiger partial charge in [0.15, 0.2) is 0 Å². The van der Waals surface area contributed by atoms with E-state index >= 15 is 0 Å². The van der Waals surface area contributed by atoms with Crippen molar-refractivity contribution in [2.45, 2.75) is 151 Å². The average Bonchev–Trinajstić information content (AvgIpc) is 3.39. The van der Waals surface area contributed by atoms with Gasteiger partial charge < -0.3 is 19.9 Å². The second kappa shape index (κ2) is 16.7. The lowest BCUT2D eigenvalue weighted by Gasteiger charge is -2.38. The Morgan fingerprint density at radius 3 is 1.83 bits per heavy atom. The Bertz CT molecular complexity index is 938. The van der Waals surface area contributed by atoms with E-state index in [9.17, 15) is 9.59 Å². The molecular formula is C36H63NO5. The van der Waals surface area contributed by atoms with Gasteiger partial charge in [0.25, 0.3) is 0 Å². The van der Waals surface area contributed by atoms with Crippen molar-refractivity contribution in [3.8, 4) is 5.75 Å². The first-order valence-corrected chi connectivity index (χ1v) is 16.4. The molecule has 0 spiro atoms. The van der Waals surface area contributed by atoms with Gasteiger partial charge in [0, 0.05) is 5.92 Å². The highest BCUT2D eigenvalue weighted by Gasteiger charge is 2.39. The minimum absolute atomic E-state index is 0.0376. The zero-order valence-electron chi connectivity index (χ0n) is 28.8. The molecule has 6 heteroatoms. The van der Waals surface area contributed by atoms with Crippen LogP contribution in [-0.4, -0.2) is 41.3 Å². The first-order chi connectivity index (χ1) is 19.4. The molecule has 1 aliphatic carbocycles. The number of rotatable bonds is 9. The molecule has 0 aromatic heterocycles. The molecule has 242 valence electrons. The minimum atomic E-state index is -0.371. The van der Waals surface area contributed by atoms with Crippen molar-refractivity contribution in [2.75, 3.05) is 13.1 Å². The molecule has 0 bridgehead atoms. The number of ether oxygens (including phenoxy) is 2. The fourth-order valence-electron chi connectivity index (χ4n) is 4.89. The van der Waals surface area contributed by atoms with Crippen LogP contribution in [0.2, 0.25) is 0 Å². The number of carbonyl (C=O) groups is 2. The minimum Gasteiger partial charge on any atom is -0.508 e. The van der Waals surface area contributed by atoms with Gasteiger partial charge in [-0.3, -0.25) is 9.59 Å². The summed E-state index contributed by atoms with van der Waals surface area (Å²) in [4.78, 5) is 24.0. The maximum Gasteiger partial charge on any atom is 0.312 e. The van der Waals surface area contributed by atoms with Crippen molar-refractivity contribution in [1.29, 1.82) is 0 Å². The number of aromatic hydroxyl groups is 1. The number of benzene rings is 1. The highest BCUT2D eigenvalue weighted by atomic mass is 16.6. The largest absolute Gasteiger partial charge is 0.508 e. The van der Waals surface area contributed by atoms with Crippen LogP contribution >= 0.6 is 0 Å². The van der Waals surface area contributed by atoms with Gasteiger partial charge in [-0.05, 0) is 143 Å². The van der Waals surface area contributed by atoms with Crippen LogP contribution in [0.25, 0.3) is 0 Å². The lowest BCUT2D eigenvalue weighted by atomic mass is 9.82. The molecule has 1 aromatic rings. The summed E-state index contributed by atoms with van der Waals surface area (Å²) in [5.74, 6) is 1.31. The van der Waals surface area contributed by atoms with Gasteiger partial charge in [0.05, 0.1) is 10.8 Å². The Hall–Kier alpha value is -2.08. The van der Waals surface area contributed by atoms with Gasteiger partial charge in [0.2, 0.25) is 0 Å². The normalized spacial score (nSPS) is 18.1. The third-order valence-corrected chi connectivity index (χ3v) is 9.63. The van der Waals surface area contributed by atoms with Crippen LogP contribution in [-0.2, 0) is 19.1 Å². The number of carbonyl (C=O) groups excluding carboxylic acids is 2. The average molecular weight is 590 g/mol. The molecule has 6 nitrogen and oxygen atoms in total. The van der Waals surface area contributed by atoms with E-state index in [0.29, 0.717) is 17.6 Å². The zero-order chi connectivity index (χ0) is 32.2. The summed E-state index contributed by atoms with van der Waals surface area (Å²) in [7, 11) is 0. The second-order valence-corrected chi connectivity index (χ2v) is 14.4. The fourth-order valence-corrected chi connectivity index (χ4v) is 4.89. The van der Waals surface area contributed by atoms with E-state index in [2.05, 4.69) is 26.1 Å². The molecule has 1 unspecified atom stereocenters. The number of phenols is 1. The molecule has 1 atom stereocenters. The fraction of sp³-hybridized carbons (Fsp3) is 0.778. The highest BCUT2D eigenvalue weighted by Crippen LogP contribution is 2.36. The molecule has 1 saturated carbocycles. The first-order valence-electron chi connectivity index (χ1n) is 16.4. The lowest BCUT2D eigenvalue weighted by molar-refractivity contribution is -0.173. The number of hydrogen-bond acceptors (Lipinski definition) is 6. The molecule has 2 N–H and O–H groups in total. The summed E-state index contributed by atoms with van der Waals surface area (Å²) in [5.41, 5.74) is 0.0792. The zero-order valence-corrected chi connectivity index (χ0v) is 28.8. The van der Waals surface area contributed by atoms with Crippen LogP contribution in [0.5, 0.6) is 5.75 Å². The summed E-state index contributed by atoms with van der Waals surface area (Å²) >= 11 is 0. The predicted octanol–water partition coefficient (Wildman–Crippen LogP) is 8.95. The van der Waals surface area contributed by atoms with Crippen LogP contribution in [0, 0.1) is 16.7 Å². The van der Waals surface area contributed by atoms with E-state index in [1.807, 2.05) is 67.5 Å². The Balaban J connectivity index is 0.000000322. The van der Waals surface area contributed by atoms with E-state index in [1.54, 1.807) is 12.1 Å². The van der Waals surface area contributed by atoms with Crippen LogP contribution in [0.15, 0.2) is 24.3 Å². The molecule has 1 saturated heterocycles. The Morgan fingerprint density at radius 1 is 0.905 bits per heavy atom. The van der Waals surface area contributed by atoms with Crippen molar-refractivity contribution in [3.05, 3.63) is 29.8 Å². The molecule has 42 heavy (non-hydrogen) atoms. The van der Waals surface area contributed by atoms with Gasteiger partial charge >= 0.3 is 11.9 Å². The molecule has 1 aliphatic heterocycles. The van der Waals surface area contributed by atoms with Crippen molar-refractivity contribution in [3.63, 3.8) is 0 Å². The summed E-state index contributed by atoms with van der Waals surface area (Å²) in [6.45, 7) is 24.4. The summed E-state index contributed by atoms with van der Waals surface area (Å²) < 4.78 is 11.4. The molecule has 0 radical (unpaired) electrons. The van der Waals surface area contributed by atoms with Crippen LogP contribution in [0.1, 0.15) is 145 Å². The molecule has 1 heterocycles. The van der Waals surface area contributed by atoms with Gasteiger partial charge in [-0.25, -0.2) is 0 Å². The number of esters is 2. The molecule has 0 amide bonds. The SMILES string of the molecule is CCC(C)(C)C(=O)OC(C)(C)C1CCNCC1.CCC(C)(C)C(=O)OC1(C)CCCC1.CCC(C)c1ccc(O)cc1. The lowest BCUT2D eigenvalue weighted by Crippen LogP contribution is -2.44. The maximum absolute atomic E-state index is 12.1. The number of piperidine rings is 1. The third kappa shape index (κ3) is 12.3. The van der Waals surface area contributed by atoms with E-state index in [0.717, 1.165) is 58.0 Å². The van der Waals surface area contributed by atoms with E-state index in [1.165, 1.54) is 18.4 Å². The van der Waals surface area contributed by atoms with Gasteiger partial charge in [-0.15, -0.1) is 0 Å². The van der Waals surface area contributed by atoms with E-state index in [-0.39, 0.29) is 34.0 Å². The Labute approximate surface area is 257 Å². The maximum atomic E-state index is 12.1. The van der Waals surface area contributed by atoms with Crippen LogP contribution < -0.4 is 5.32 Å². The smallest absolute Gasteiger partial charge is 0.312 e. The summed E-state index contributed by atoms with van der Waals surface area (Å²) in [6.07, 6.45) is 9.41. The topological polar surface area (TPSA) is 84.9 Å². The molecular weight excluding hydrogens is 526 g/mol. The standard InChI is InChI=1S/C14H27NO2.C12H22O2.C10H14O/c1-6-13(2,3)12(16)17-14(4,5)11-7-9-15-10-8-11;1-5-11(2,3)10(13)14-12(4)8-6-7-9-12;1-3-8(2)9-4-6-10(11)7-5-9/h11,15H,6-10H2,1-5H3;5-9H2,1-4H3;4-8,11H,3H2,1-2H3. The molecule has 2 aliphatic rings. The molecule has 2 fully saturated rings. The Morgan fingerprint density at radius 2 is 1.38 bits per heavy atom. The van der Waals surface area contributed by atoms with Crippen LogP contribution in [0.3, 0.4) is 0 Å². The van der Waals surface area contributed by atoms with Gasteiger partial charge in [-0.2, -0.15) is 0 Å². The predicted molar refractivity (Wildman–Crippen MR) is 174 cm³/mol.